The highest BCUT2D eigenvalue weighted by molar-refractivity contribution is 6.06. The molecule has 254 valence electrons. The largest absolute Gasteiger partial charge is 0.482 e. The third-order valence-electron chi connectivity index (χ3n) is 8.41. The van der Waals surface area contributed by atoms with Crippen molar-refractivity contribution in [3.8, 4) is 5.75 Å². The number of esters is 1. The predicted octanol–water partition coefficient (Wildman–Crippen LogP) is 4.69. The molecule has 0 atom stereocenters. The molecule has 11 heteroatoms. The number of pyridine rings is 1. The summed E-state index contributed by atoms with van der Waals surface area (Å²) in [5, 5.41) is 1.07. The van der Waals surface area contributed by atoms with Crippen molar-refractivity contribution < 1.29 is 23.7 Å². The number of para-hydroxylation sites is 1. The molecule has 0 aliphatic carbocycles. The Morgan fingerprint density at radius 3 is 2.64 bits per heavy atom. The number of anilines is 1. The van der Waals surface area contributed by atoms with Gasteiger partial charge in [-0.15, -0.1) is 0 Å². The first-order valence-electron chi connectivity index (χ1n) is 16.9. The zero-order valence-corrected chi connectivity index (χ0v) is 28.2. The van der Waals surface area contributed by atoms with Crippen LogP contribution >= 0.6 is 0 Å². The number of methoxy groups -OCH3 is 1. The highest BCUT2D eigenvalue weighted by Gasteiger charge is 2.18. The van der Waals surface area contributed by atoms with Crippen LogP contribution in [0.15, 0.2) is 48.5 Å². The molecule has 0 saturated carbocycles. The molecule has 1 saturated heterocycles. The summed E-state index contributed by atoms with van der Waals surface area (Å²) in [6.07, 6.45) is 3.64. The van der Waals surface area contributed by atoms with Gasteiger partial charge >= 0.3 is 5.97 Å². The minimum Gasteiger partial charge on any atom is -0.482 e. The summed E-state index contributed by atoms with van der Waals surface area (Å²) in [6.45, 7) is 12.4. The average molecular weight is 647 g/mol. The van der Waals surface area contributed by atoms with E-state index in [1.54, 1.807) is 7.11 Å². The Bertz CT molecular complexity index is 1590. The Morgan fingerprint density at radius 2 is 1.83 bits per heavy atom. The van der Waals surface area contributed by atoms with Crippen LogP contribution in [0.1, 0.15) is 44.5 Å². The number of nitrogen functional groups attached to an aromatic ring is 1. The lowest BCUT2D eigenvalue weighted by atomic mass is 10.1. The van der Waals surface area contributed by atoms with Gasteiger partial charge in [-0.3, -0.25) is 9.80 Å². The second-order valence-corrected chi connectivity index (χ2v) is 12.4. The van der Waals surface area contributed by atoms with Gasteiger partial charge in [0.25, 0.3) is 0 Å². The number of benzene rings is 2. The second kappa shape index (κ2) is 17.4. The summed E-state index contributed by atoms with van der Waals surface area (Å²) in [7, 11) is 1.72. The van der Waals surface area contributed by atoms with Gasteiger partial charge in [0.15, 0.2) is 12.4 Å². The Labute approximate surface area is 277 Å². The molecule has 0 unspecified atom stereocenters. The van der Waals surface area contributed by atoms with Crippen molar-refractivity contribution >= 4 is 33.7 Å². The number of nitrogens with two attached hydrogens (primary N) is 1. The molecule has 2 aromatic carbocycles. The number of aromatic nitrogens is 3. The third kappa shape index (κ3) is 9.87. The number of fused-ring (bicyclic) bond motifs is 3. The number of aryl methyl sites for hydroxylation is 1. The molecule has 2 aromatic heterocycles. The molecule has 1 aliphatic heterocycles. The molecule has 0 radical (unpaired) electrons. The molecule has 47 heavy (non-hydrogen) atoms. The highest BCUT2D eigenvalue weighted by atomic mass is 16.6. The summed E-state index contributed by atoms with van der Waals surface area (Å²) in [5.74, 6) is 1.75. The molecule has 2 N–H and O–H groups in total. The number of morpholine rings is 1. The summed E-state index contributed by atoms with van der Waals surface area (Å²) in [6, 6.07) is 16.2. The number of hydrogen-bond donors (Lipinski definition) is 1. The van der Waals surface area contributed by atoms with E-state index in [0.29, 0.717) is 24.6 Å². The van der Waals surface area contributed by atoms with E-state index < -0.39 is 0 Å². The molecule has 5 rings (SSSR count). The van der Waals surface area contributed by atoms with E-state index in [0.717, 1.165) is 112 Å². The number of unbranched alkanes of at least 4 members (excludes halogenated alkanes) is 1. The van der Waals surface area contributed by atoms with Gasteiger partial charge in [0.2, 0.25) is 0 Å². The van der Waals surface area contributed by atoms with Crippen LogP contribution in [0.5, 0.6) is 5.75 Å². The lowest BCUT2D eigenvalue weighted by Gasteiger charge is -2.28. The first-order chi connectivity index (χ1) is 22.9. The van der Waals surface area contributed by atoms with Crippen LogP contribution in [0, 0.1) is 0 Å². The molecule has 3 heterocycles. The number of ether oxygens (including phenoxy) is 4. The maximum Gasteiger partial charge on any atom is 0.344 e. The molecule has 4 aromatic rings. The summed E-state index contributed by atoms with van der Waals surface area (Å²) in [5.41, 5.74) is 10.2. The topological polar surface area (TPSA) is 117 Å². The standard InChI is InChI=1S/C36H50N6O5/c1-27(2)47-33(43)26-46-29-11-8-10-28(24-29)25-41(17-9-16-40-19-22-45-23-20-40)15-6-7-18-42-32(14-21-44-3)39-34-35(42)30-12-4-5-13-31(30)38-36(34)37/h4-5,8,10-13,24,27H,6-7,9,14-23,25-26H2,1-3H3,(H2,37,38). The van der Waals surface area contributed by atoms with Crippen molar-refractivity contribution in [2.45, 2.75) is 58.7 Å². The molecular formula is C36H50N6O5. The Kier molecular flexibility index (Phi) is 12.8. The fourth-order valence-corrected chi connectivity index (χ4v) is 6.18. The van der Waals surface area contributed by atoms with Gasteiger partial charge in [0, 0.05) is 45.1 Å². The van der Waals surface area contributed by atoms with E-state index in [4.69, 9.17) is 29.7 Å². The van der Waals surface area contributed by atoms with Crippen LogP contribution in [0.25, 0.3) is 21.9 Å². The zero-order valence-electron chi connectivity index (χ0n) is 28.2. The van der Waals surface area contributed by atoms with Crippen molar-refractivity contribution in [1.29, 1.82) is 0 Å². The van der Waals surface area contributed by atoms with Gasteiger partial charge in [0.05, 0.1) is 37.0 Å². The number of imidazole rings is 1. The highest BCUT2D eigenvalue weighted by Crippen LogP contribution is 2.29. The normalized spacial score (nSPS) is 14.1. The van der Waals surface area contributed by atoms with Crippen molar-refractivity contribution in [3.05, 3.63) is 59.9 Å². The van der Waals surface area contributed by atoms with Crippen molar-refractivity contribution in [2.75, 3.05) is 72.0 Å². The number of carbonyl (C=O) groups is 1. The van der Waals surface area contributed by atoms with Crippen LogP contribution in [-0.4, -0.2) is 103 Å². The van der Waals surface area contributed by atoms with Crippen LogP contribution in [0.2, 0.25) is 0 Å². The van der Waals surface area contributed by atoms with Crippen molar-refractivity contribution in [1.82, 2.24) is 24.3 Å². The van der Waals surface area contributed by atoms with Crippen LogP contribution in [-0.2, 0) is 38.5 Å². The van der Waals surface area contributed by atoms with E-state index in [9.17, 15) is 4.79 Å². The van der Waals surface area contributed by atoms with E-state index in [1.165, 1.54) is 0 Å². The lowest BCUT2D eigenvalue weighted by Crippen LogP contribution is -2.38. The minimum absolute atomic E-state index is 0.100. The fourth-order valence-electron chi connectivity index (χ4n) is 6.18. The SMILES string of the molecule is COCCc1nc2c(N)nc3ccccc3c2n1CCCCN(CCCN1CCOCC1)Cc1cccc(OCC(=O)OC(C)C)c1. The number of carbonyl (C=O) groups excluding carboxylic acids is 1. The molecule has 0 amide bonds. The monoisotopic (exact) mass is 646 g/mol. The molecule has 0 bridgehead atoms. The quantitative estimate of drug-likeness (QED) is 0.121. The number of nitrogens with zero attached hydrogens (tertiary/aromatic N) is 5. The maximum atomic E-state index is 12.0. The van der Waals surface area contributed by atoms with Crippen molar-refractivity contribution in [2.24, 2.45) is 0 Å². The van der Waals surface area contributed by atoms with E-state index in [2.05, 4.69) is 31.5 Å². The summed E-state index contributed by atoms with van der Waals surface area (Å²) < 4.78 is 24.2. The van der Waals surface area contributed by atoms with Crippen LogP contribution in [0.4, 0.5) is 5.82 Å². The lowest BCUT2D eigenvalue weighted by molar-refractivity contribution is -0.149. The predicted molar refractivity (Wildman–Crippen MR) is 185 cm³/mol. The Morgan fingerprint density at radius 1 is 1.02 bits per heavy atom. The maximum absolute atomic E-state index is 12.0. The molecule has 0 spiro atoms. The third-order valence-corrected chi connectivity index (χ3v) is 8.41. The zero-order chi connectivity index (χ0) is 33.0. The van der Waals surface area contributed by atoms with E-state index in [-0.39, 0.29) is 18.7 Å². The summed E-state index contributed by atoms with van der Waals surface area (Å²) >= 11 is 0. The van der Waals surface area contributed by atoms with Gasteiger partial charge < -0.3 is 29.2 Å². The Hall–Kier alpha value is -3.77. The van der Waals surface area contributed by atoms with Gasteiger partial charge in [-0.05, 0) is 76.5 Å². The minimum atomic E-state index is -0.363. The molecule has 11 nitrogen and oxygen atoms in total. The fraction of sp³-hybridized carbons (Fsp3) is 0.528. The first kappa shape index (κ1) is 34.6. The molecule has 1 fully saturated rings. The number of hydrogen-bond acceptors (Lipinski definition) is 10. The second-order valence-electron chi connectivity index (χ2n) is 12.4. The van der Waals surface area contributed by atoms with Crippen LogP contribution < -0.4 is 10.5 Å². The number of rotatable bonds is 18. The smallest absolute Gasteiger partial charge is 0.344 e. The molecular weight excluding hydrogens is 596 g/mol. The van der Waals surface area contributed by atoms with E-state index in [1.807, 2.05) is 50.2 Å². The van der Waals surface area contributed by atoms with Gasteiger partial charge in [-0.1, -0.05) is 30.3 Å². The van der Waals surface area contributed by atoms with Gasteiger partial charge in [0.1, 0.15) is 17.1 Å². The molecule has 1 aliphatic rings. The van der Waals surface area contributed by atoms with Gasteiger partial charge in [-0.25, -0.2) is 14.8 Å². The average Bonchev–Trinajstić information content (AvgIpc) is 3.44. The Balaban J connectivity index is 1.25. The summed E-state index contributed by atoms with van der Waals surface area (Å²) in [4.78, 5) is 26.6. The van der Waals surface area contributed by atoms with Crippen molar-refractivity contribution in [3.63, 3.8) is 0 Å². The first-order valence-corrected chi connectivity index (χ1v) is 16.9. The van der Waals surface area contributed by atoms with E-state index >= 15 is 0 Å². The van der Waals surface area contributed by atoms with Crippen LogP contribution in [0.3, 0.4) is 0 Å². The van der Waals surface area contributed by atoms with Gasteiger partial charge in [-0.2, -0.15) is 0 Å².